The lowest BCUT2D eigenvalue weighted by Crippen LogP contribution is -2.52. The average Bonchev–Trinajstić information content (AvgIpc) is 2.44. The zero-order valence-electron chi connectivity index (χ0n) is 11.9. The molecule has 2 unspecified atom stereocenters. The minimum atomic E-state index is -0.965. The van der Waals surface area contributed by atoms with Gasteiger partial charge in [0.25, 0.3) is 5.69 Å². The number of nitro benzene ring substituents is 1. The van der Waals surface area contributed by atoms with Gasteiger partial charge in [0.2, 0.25) is 0 Å². The van der Waals surface area contributed by atoms with Gasteiger partial charge in [0, 0.05) is 6.54 Å². The Morgan fingerprint density at radius 2 is 2.05 bits per heavy atom. The smallest absolute Gasteiger partial charge is 0.275 e. The van der Waals surface area contributed by atoms with Crippen molar-refractivity contribution in [1.82, 2.24) is 0 Å². The van der Waals surface area contributed by atoms with E-state index in [2.05, 4.69) is 5.32 Å². The van der Waals surface area contributed by atoms with Crippen molar-refractivity contribution in [2.45, 2.75) is 38.1 Å². The van der Waals surface area contributed by atoms with Crippen molar-refractivity contribution in [2.24, 2.45) is 11.7 Å². The molecule has 7 heteroatoms. The van der Waals surface area contributed by atoms with E-state index in [1.165, 1.54) is 0 Å². The third kappa shape index (κ3) is 2.97. The number of non-ortho nitro benzene ring substituents is 1. The standard InChI is InChI=1S/C14H19F2N3O2/c1-9-4-2-3-5-14(9,8-17)18-13-11(15)6-10(19(20)21)7-12(13)16/h6-7,9,18H,2-5,8,17H2,1H3. The van der Waals surface area contributed by atoms with Gasteiger partial charge < -0.3 is 11.1 Å². The molecule has 3 N–H and O–H groups in total. The molecule has 2 rings (SSSR count). The summed E-state index contributed by atoms with van der Waals surface area (Å²) in [4.78, 5) is 9.79. The molecule has 0 heterocycles. The Labute approximate surface area is 121 Å². The largest absolute Gasteiger partial charge is 0.373 e. The van der Waals surface area contributed by atoms with Crippen molar-refractivity contribution in [3.05, 3.63) is 33.9 Å². The minimum Gasteiger partial charge on any atom is -0.373 e. The van der Waals surface area contributed by atoms with E-state index in [1.807, 2.05) is 6.92 Å². The third-order valence-electron chi connectivity index (χ3n) is 4.43. The van der Waals surface area contributed by atoms with E-state index in [0.717, 1.165) is 37.8 Å². The van der Waals surface area contributed by atoms with Crippen molar-refractivity contribution in [2.75, 3.05) is 11.9 Å². The molecule has 0 spiro atoms. The number of rotatable bonds is 4. The van der Waals surface area contributed by atoms with Crippen LogP contribution in [-0.4, -0.2) is 17.0 Å². The quantitative estimate of drug-likeness (QED) is 0.661. The summed E-state index contributed by atoms with van der Waals surface area (Å²) in [6.07, 6.45) is 3.65. The van der Waals surface area contributed by atoms with Gasteiger partial charge in [0.05, 0.1) is 22.6 Å². The molecule has 5 nitrogen and oxygen atoms in total. The van der Waals surface area contributed by atoms with Crippen LogP contribution in [0.3, 0.4) is 0 Å². The van der Waals surface area contributed by atoms with Gasteiger partial charge in [-0.05, 0) is 18.8 Å². The molecule has 2 atom stereocenters. The zero-order chi connectivity index (χ0) is 15.6. The highest BCUT2D eigenvalue weighted by Crippen LogP contribution is 2.37. The predicted molar refractivity (Wildman–Crippen MR) is 76.1 cm³/mol. The van der Waals surface area contributed by atoms with Crippen LogP contribution in [-0.2, 0) is 0 Å². The first-order valence-corrected chi connectivity index (χ1v) is 7.01. The molecule has 116 valence electrons. The molecule has 1 aromatic rings. The van der Waals surface area contributed by atoms with Crippen LogP contribution in [0.1, 0.15) is 32.6 Å². The Kier molecular flexibility index (Phi) is 4.41. The van der Waals surface area contributed by atoms with Crippen molar-refractivity contribution >= 4 is 11.4 Å². The fraction of sp³-hybridized carbons (Fsp3) is 0.571. The zero-order valence-corrected chi connectivity index (χ0v) is 11.9. The summed E-state index contributed by atoms with van der Waals surface area (Å²) < 4.78 is 28.0. The Morgan fingerprint density at radius 3 is 2.52 bits per heavy atom. The lowest BCUT2D eigenvalue weighted by Gasteiger charge is -2.43. The molecule has 0 aromatic heterocycles. The number of nitro groups is 1. The average molecular weight is 299 g/mol. The monoisotopic (exact) mass is 299 g/mol. The van der Waals surface area contributed by atoms with Gasteiger partial charge >= 0.3 is 0 Å². The number of benzene rings is 1. The molecule has 1 aromatic carbocycles. The molecule has 1 fully saturated rings. The number of hydrogen-bond donors (Lipinski definition) is 2. The summed E-state index contributed by atoms with van der Waals surface area (Å²) >= 11 is 0. The lowest BCUT2D eigenvalue weighted by atomic mass is 9.73. The van der Waals surface area contributed by atoms with Crippen LogP contribution in [0.2, 0.25) is 0 Å². The van der Waals surface area contributed by atoms with Crippen molar-refractivity contribution in [3.8, 4) is 0 Å². The maximum atomic E-state index is 14.0. The van der Waals surface area contributed by atoms with Gasteiger partial charge in [-0.3, -0.25) is 10.1 Å². The second kappa shape index (κ2) is 5.93. The van der Waals surface area contributed by atoms with Crippen LogP contribution < -0.4 is 11.1 Å². The van der Waals surface area contributed by atoms with Crippen LogP contribution in [0, 0.1) is 27.7 Å². The second-order valence-corrected chi connectivity index (χ2v) is 5.67. The summed E-state index contributed by atoms with van der Waals surface area (Å²) in [7, 11) is 0. The number of halogens is 2. The topological polar surface area (TPSA) is 81.2 Å². The van der Waals surface area contributed by atoms with E-state index < -0.39 is 27.8 Å². The predicted octanol–water partition coefficient (Wildman–Crippen LogP) is 3.19. The van der Waals surface area contributed by atoms with E-state index in [0.29, 0.717) is 0 Å². The number of nitrogens with one attached hydrogen (secondary N) is 1. The number of nitrogens with zero attached hydrogens (tertiary/aromatic N) is 1. The van der Waals surface area contributed by atoms with Gasteiger partial charge in [-0.15, -0.1) is 0 Å². The van der Waals surface area contributed by atoms with E-state index >= 15 is 0 Å². The molecule has 1 aliphatic carbocycles. The lowest BCUT2D eigenvalue weighted by molar-refractivity contribution is -0.385. The molecule has 0 bridgehead atoms. The highest BCUT2D eigenvalue weighted by atomic mass is 19.1. The summed E-state index contributed by atoms with van der Waals surface area (Å²) in [5.74, 6) is -1.76. The van der Waals surface area contributed by atoms with Crippen molar-refractivity contribution < 1.29 is 13.7 Å². The molecule has 21 heavy (non-hydrogen) atoms. The number of nitrogens with two attached hydrogens (primary N) is 1. The second-order valence-electron chi connectivity index (χ2n) is 5.67. The Hall–Kier alpha value is -1.76. The summed E-state index contributed by atoms with van der Waals surface area (Å²) in [5, 5.41) is 13.5. The fourth-order valence-electron chi connectivity index (χ4n) is 2.99. The van der Waals surface area contributed by atoms with Crippen molar-refractivity contribution in [1.29, 1.82) is 0 Å². The normalized spacial score (nSPS) is 25.6. The maximum Gasteiger partial charge on any atom is 0.275 e. The van der Waals surface area contributed by atoms with Gasteiger partial charge in [-0.2, -0.15) is 0 Å². The van der Waals surface area contributed by atoms with Gasteiger partial charge in [-0.25, -0.2) is 8.78 Å². The summed E-state index contributed by atoms with van der Waals surface area (Å²) in [5.41, 5.74) is 4.33. The number of hydrogen-bond acceptors (Lipinski definition) is 4. The highest BCUT2D eigenvalue weighted by molar-refractivity contribution is 5.53. The van der Waals surface area contributed by atoms with Crippen LogP contribution in [0.15, 0.2) is 12.1 Å². The highest BCUT2D eigenvalue weighted by Gasteiger charge is 2.38. The molecular weight excluding hydrogens is 280 g/mol. The summed E-state index contributed by atoms with van der Waals surface area (Å²) in [6, 6.07) is 1.45. The summed E-state index contributed by atoms with van der Waals surface area (Å²) in [6.45, 7) is 2.25. The molecule has 0 saturated heterocycles. The van der Waals surface area contributed by atoms with Crippen LogP contribution >= 0.6 is 0 Å². The number of anilines is 1. The maximum absolute atomic E-state index is 14.0. The first-order valence-electron chi connectivity index (χ1n) is 7.01. The van der Waals surface area contributed by atoms with Crippen molar-refractivity contribution in [3.63, 3.8) is 0 Å². The molecule has 1 aliphatic rings. The van der Waals surface area contributed by atoms with Gasteiger partial charge in [0.1, 0.15) is 5.69 Å². The minimum absolute atomic E-state index is 0.172. The first-order chi connectivity index (χ1) is 9.89. The third-order valence-corrected chi connectivity index (χ3v) is 4.43. The molecule has 0 aliphatic heterocycles. The Bertz CT molecular complexity index is 530. The fourth-order valence-corrected chi connectivity index (χ4v) is 2.99. The van der Waals surface area contributed by atoms with E-state index in [4.69, 9.17) is 5.73 Å². The van der Waals surface area contributed by atoms with E-state index in [1.54, 1.807) is 0 Å². The van der Waals surface area contributed by atoms with E-state index in [-0.39, 0.29) is 18.2 Å². The van der Waals surface area contributed by atoms with Gasteiger partial charge in [-0.1, -0.05) is 19.8 Å². The molecule has 0 radical (unpaired) electrons. The van der Waals surface area contributed by atoms with Crippen LogP contribution in [0.5, 0.6) is 0 Å². The van der Waals surface area contributed by atoms with Crippen LogP contribution in [0.4, 0.5) is 20.2 Å². The Morgan fingerprint density at radius 1 is 1.43 bits per heavy atom. The van der Waals surface area contributed by atoms with Gasteiger partial charge in [0.15, 0.2) is 11.6 Å². The van der Waals surface area contributed by atoms with Crippen LogP contribution in [0.25, 0.3) is 0 Å². The molecular formula is C14H19F2N3O2. The van der Waals surface area contributed by atoms with E-state index in [9.17, 15) is 18.9 Å². The first kappa shape index (κ1) is 15.6. The molecule has 1 saturated carbocycles. The SMILES string of the molecule is CC1CCCCC1(CN)Nc1c(F)cc([N+](=O)[O-])cc1F. The molecule has 0 amide bonds. The Balaban J connectivity index is 2.36.